The fraction of sp³-hybridized carbons (Fsp3) is 0.571. The first kappa shape index (κ1) is 14.3. The van der Waals surface area contributed by atoms with Gasteiger partial charge in [0.25, 0.3) is 0 Å². The number of nitrogens with two attached hydrogens (primary N) is 1. The molecule has 19 heavy (non-hydrogen) atoms. The van der Waals surface area contributed by atoms with E-state index in [1.165, 1.54) is 6.42 Å². The van der Waals surface area contributed by atoms with E-state index in [-0.39, 0.29) is 17.2 Å². The first-order valence-corrected chi connectivity index (χ1v) is 7.52. The maximum Gasteiger partial charge on any atom is 0.227 e. The summed E-state index contributed by atoms with van der Waals surface area (Å²) in [6.07, 6.45) is 5.95. The molecular weight excluding hydrogens is 258 g/mol. The lowest BCUT2D eigenvalue weighted by Crippen LogP contribution is -2.31. The molecule has 1 unspecified atom stereocenters. The number of hydrogen-bond acceptors (Lipinski definition) is 4. The van der Waals surface area contributed by atoms with Gasteiger partial charge in [0.1, 0.15) is 5.03 Å². The molecule has 1 aromatic rings. The van der Waals surface area contributed by atoms with Crippen molar-refractivity contribution in [1.29, 1.82) is 0 Å². The molecule has 1 heterocycles. The molecule has 1 aliphatic carbocycles. The quantitative estimate of drug-likeness (QED) is 0.834. The summed E-state index contributed by atoms with van der Waals surface area (Å²) in [7, 11) is 0. The molecule has 0 spiro atoms. The van der Waals surface area contributed by atoms with E-state index in [2.05, 4.69) is 24.1 Å². The fourth-order valence-electron chi connectivity index (χ4n) is 2.72. The predicted octanol–water partition coefficient (Wildman–Crippen LogP) is 3.20. The van der Waals surface area contributed by atoms with Gasteiger partial charge in [-0.1, -0.05) is 20.3 Å². The van der Waals surface area contributed by atoms with Gasteiger partial charge < -0.3 is 5.32 Å². The Morgan fingerprint density at radius 2 is 2.37 bits per heavy atom. The van der Waals surface area contributed by atoms with Gasteiger partial charge in [-0.3, -0.25) is 9.93 Å². The van der Waals surface area contributed by atoms with Crippen LogP contribution in [0.1, 0.15) is 39.5 Å². The van der Waals surface area contributed by atoms with Crippen molar-refractivity contribution in [1.82, 2.24) is 4.98 Å². The lowest BCUT2D eigenvalue weighted by atomic mass is 9.72. The third-order valence-corrected chi connectivity index (χ3v) is 4.16. The molecule has 3 N–H and O–H groups in total. The lowest BCUT2D eigenvalue weighted by Gasteiger charge is -2.34. The smallest absolute Gasteiger partial charge is 0.227 e. The Labute approximate surface area is 118 Å². The number of carbonyl (C=O) groups excluding carboxylic acids is 1. The minimum Gasteiger partial charge on any atom is -0.326 e. The van der Waals surface area contributed by atoms with Gasteiger partial charge in [0.15, 0.2) is 0 Å². The van der Waals surface area contributed by atoms with Crippen molar-refractivity contribution >= 4 is 23.5 Å². The van der Waals surface area contributed by atoms with Gasteiger partial charge in [0, 0.05) is 17.8 Å². The van der Waals surface area contributed by atoms with Crippen molar-refractivity contribution in [2.24, 2.45) is 16.5 Å². The summed E-state index contributed by atoms with van der Waals surface area (Å²) in [6.45, 7) is 4.48. The van der Waals surface area contributed by atoms with Crippen molar-refractivity contribution in [3.8, 4) is 0 Å². The predicted molar refractivity (Wildman–Crippen MR) is 78.7 cm³/mol. The Hall–Kier alpha value is -1.07. The van der Waals surface area contributed by atoms with Gasteiger partial charge in [-0.05, 0) is 48.8 Å². The Balaban J connectivity index is 2.00. The monoisotopic (exact) mass is 279 g/mol. The van der Waals surface area contributed by atoms with Crippen LogP contribution in [0.2, 0.25) is 0 Å². The highest BCUT2D eigenvalue weighted by atomic mass is 32.2. The zero-order chi connectivity index (χ0) is 13.9. The molecule has 4 nitrogen and oxygen atoms in total. The van der Waals surface area contributed by atoms with Crippen LogP contribution in [0.25, 0.3) is 0 Å². The molecule has 0 aromatic carbocycles. The molecule has 1 saturated carbocycles. The third kappa shape index (κ3) is 3.94. The second-order valence-corrected chi connectivity index (χ2v) is 6.60. The van der Waals surface area contributed by atoms with Gasteiger partial charge in [-0.15, -0.1) is 0 Å². The number of pyridine rings is 1. The average Bonchev–Trinajstić information content (AvgIpc) is 2.37. The summed E-state index contributed by atoms with van der Waals surface area (Å²) >= 11 is 1.08. The number of carbonyl (C=O) groups is 1. The number of nitrogens with zero attached hydrogens (tertiary/aromatic N) is 1. The summed E-state index contributed by atoms with van der Waals surface area (Å²) in [5.41, 5.74) is 1.05. The van der Waals surface area contributed by atoms with Crippen molar-refractivity contribution in [2.75, 3.05) is 5.32 Å². The van der Waals surface area contributed by atoms with E-state index in [9.17, 15) is 4.79 Å². The number of rotatable bonds is 3. The maximum atomic E-state index is 12.3. The second kappa shape index (κ2) is 5.92. The first-order chi connectivity index (χ1) is 9.00. The molecule has 0 aliphatic heterocycles. The molecule has 0 bridgehead atoms. The largest absolute Gasteiger partial charge is 0.326 e. The SMILES string of the molecule is CC1(C)CCCC(C(=O)Nc2ccnc(SN)c2)C1. The summed E-state index contributed by atoms with van der Waals surface area (Å²) in [5.74, 6) is 0.234. The Morgan fingerprint density at radius 3 is 3.05 bits per heavy atom. The molecule has 0 radical (unpaired) electrons. The zero-order valence-corrected chi connectivity index (χ0v) is 12.3. The van der Waals surface area contributed by atoms with Crippen LogP contribution in [0.3, 0.4) is 0 Å². The Bertz CT molecular complexity index is 462. The summed E-state index contributed by atoms with van der Waals surface area (Å²) in [5, 5.41) is 9.16. The molecule has 2 rings (SSSR count). The fourth-order valence-corrected chi connectivity index (χ4v) is 3.03. The standard InChI is InChI=1S/C14H21N3OS/c1-14(2)6-3-4-10(9-14)13(18)17-11-5-7-16-12(8-11)19-15/h5,7-8,10H,3-4,6,9,15H2,1-2H3,(H,16,17,18). The molecule has 0 saturated heterocycles. The van der Waals surface area contributed by atoms with Crippen LogP contribution >= 0.6 is 11.9 Å². The van der Waals surface area contributed by atoms with Crippen LogP contribution < -0.4 is 10.5 Å². The van der Waals surface area contributed by atoms with Crippen LogP contribution in [0.5, 0.6) is 0 Å². The van der Waals surface area contributed by atoms with E-state index >= 15 is 0 Å². The van der Waals surface area contributed by atoms with Gasteiger partial charge >= 0.3 is 0 Å². The molecule has 1 amide bonds. The minimum atomic E-state index is 0.117. The highest BCUT2D eigenvalue weighted by Crippen LogP contribution is 2.38. The average molecular weight is 279 g/mol. The topological polar surface area (TPSA) is 68.0 Å². The van der Waals surface area contributed by atoms with Crippen molar-refractivity contribution in [3.63, 3.8) is 0 Å². The third-order valence-electron chi connectivity index (χ3n) is 3.70. The summed E-state index contributed by atoms with van der Waals surface area (Å²) in [6, 6.07) is 3.60. The molecular formula is C14H21N3OS. The lowest BCUT2D eigenvalue weighted by molar-refractivity contribution is -0.122. The van der Waals surface area contributed by atoms with E-state index in [1.807, 2.05) is 0 Å². The van der Waals surface area contributed by atoms with Crippen LogP contribution in [0, 0.1) is 11.3 Å². The van der Waals surface area contributed by atoms with E-state index in [1.54, 1.807) is 18.3 Å². The molecule has 5 heteroatoms. The second-order valence-electron chi connectivity index (χ2n) is 5.95. The Morgan fingerprint density at radius 1 is 1.58 bits per heavy atom. The van der Waals surface area contributed by atoms with Gasteiger partial charge in [-0.25, -0.2) is 4.98 Å². The van der Waals surface area contributed by atoms with Crippen molar-refractivity contribution in [2.45, 2.75) is 44.6 Å². The highest BCUT2D eigenvalue weighted by Gasteiger charge is 2.31. The minimum absolute atomic E-state index is 0.117. The summed E-state index contributed by atoms with van der Waals surface area (Å²) in [4.78, 5) is 16.4. The number of amides is 1. The maximum absolute atomic E-state index is 12.3. The van der Waals surface area contributed by atoms with Crippen LogP contribution in [0.15, 0.2) is 23.4 Å². The molecule has 1 aliphatic rings. The number of hydrogen-bond donors (Lipinski definition) is 2. The molecule has 1 atom stereocenters. The van der Waals surface area contributed by atoms with Crippen LogP contribution in [-0.2, 0) is 4.79 Å². The first-order valence-electron chi connectivity index (χ1n) is 6.64. The van der Waals surface area contributed by atoms with Gasteiger partial charge in [-0.2, -0.15) is 0 Å². The van der Waals surface area contributed by atoms with E-state index in [4.69, 9.17) is 5.14 Å². The van der Waals surface area contributed by atoms with Crippen LogP contribution in [-0.4, -0.2) is 10.9 Å². The zero-order valence-electron chi connectivity index (χ0n) is 11.5. The highest BCUT2D eigenvalue weighted by molar-refractivity contribution is 7.97. The van der Waals surface area contributed by atoms with E-state index < -0.39 is 0 Å². The Kier molecular flexibility index (Phi) is 4.47. The normalized spacial score (nSPS) is 21.9. The molecule has 1 fully saturated rings. The number of aromatic nitrogens is 1. The van der Waals surface area contributed by atoms with Gasteiger partial charge in [0.2, 0.25) is 5.91 Å². The van der Waals surface area contributed by atoms with Crippen molar-refractivity contribution in [3.05, 3.63) is 18.3 Å². The van der Waals surface area contributed by atoms with E-state index in [0.29, 0.717) is 5.03 Å². The van der Waals surface area contributed by atoms with E-state index in [0.717, 1.165) is 36.9 Å². The van der Waals surface area contributed by atoms with Crippen molar-refractivity contribution < 1.29 is 4.79 Å². The summed E-state index contributed by atoms with van der Waals surface area (Å²) < 4.78 is 0. The van der Waals surface area contributed by atoms with Crippen LogP contribution in [0.4, 0.5) is 5.69 Å². The number of nitrogens with one attached hydrogen (secondary N) is 1. The molecule has 1 aromatic heterocycles. The molecule has 104 valence electrons. The van der Waals surface area contributed by atoms with Gasteiger partial charge in [0.05, 0.1) is 0 Å². The number of anilines is 1.